The number of hydrogen-bond donors (Lipinski definition) is 1. The van der Waals surface area contributed by atoms with Crippen molar-refractivity contribution in [3.8, 4) is 0 Å². The van der Waals surface area contributed by atoms with E-state index in [-0.39, 0.29) is 18.0 Å². The number of aliphatic carboxylic acids is 1. The Balaban J connectivity index is 2.04. The lowest BCUT2D eigenvalue weighted by atomic mass is 9.98. The van der Waals surface area contributed by atoms with Crippen LogP contribution in [0.3, 0.4) is 0 Å². The fourth-order valence-corrected chi connectivity index (χ4v) is 3.56. The van der Waals surface area contributed by atoms with Crippen molar-refractivity contribution in [2.24, 2.45) is 0 Å². The van der Waals surface area contributed by atoms with E-state index in [1.807, 2.05) is 30.0 Å². The summed E-state index contributed by atoms with van der Waals surface area (Å²) < 4.78 is 0.902. The van der Waals surface area contributed by atoms with E-state index in [0.717, 1.165) is 27.0 Å². The molecule has 0 bridgehead atoms. The molecule has 1 unspecified atom stereocenters. The van der Waals surface area contributed by atoms with E-state index < -0.39 is 10.9 Å². The van der Waals surface area contributed by atoms with Gasteiger partial charge < -0.3 is 10.0 Å². The zero-order valence-electron chi connectivity index (χ0n) is 12.9. The Morgan fingerprint density at radius 2 is 2.04 bits per heavy atom. The highest BCUT2D eigenvalue weighted by Gasteiger charge is 2.32. The molecule has 1 atom stereocenters. The Bertz CT molecular complexity index is 837. The van der Waals surface area contributed by atoms with E-state index in [1.165, 1.54) is 6.07 Å². The summed E-state index contributed by atoms with van der Waals surface area (Å²) in [7, 11) is 0. The molecule has 1 N–H and O–H groups in total. The van der Waals surface area contributed by atoms with Gasteiger partial charge in [-0.3, -0.25) is 14.9 Å². The third kappa shape index (κ3) is 2.99. The summed E-state index contributed by atoms with van der Waals surface area (Å²) in [6.45, 7) is 2.36. The predicted molar refractivity (Wildman–Crippen MR) is 94.0 cm³/mol. The van der Waals surface area contributed by atoms with Gasteiger partial charge in [0.25, 0.3) is 5.69 Å². The predicted octanol–water partition coefficient (Wildman–Crippen LogP) is 4.38. The maximum Gasteiger partial charge on any atom is 0.304 e. The minimum absolute atomic E-state index is 0.0476. The van der Waals surface area contributed by atoms with Gasteiger partial charge in [-0.05, 0) is 42.3 Å². The van der Waals surface area contributed by atoms with Crippen LogP contribution >= 0.6 is 15.9 Å². The van der Waals surface area contributed by atoms with E-state index in [1.54, 1.807) is 12.1 Å². The van der Waals surface area contributed by atoms with Crippen LogP contribution in [0.2, 0.25) is 0 Å². The molecule has 6 nitrogen and oxygen atoms in total. The lowest BCUT2D eigenvalue weighted by Crippen LogP contribution is -2.18. The second kappa shape index (κ2) is 6.24. The number of hydrogen-bond acceptors (Lipinski definition) is 4. The lowest BCUT2D eigenvalue weighted by molar-refractivity contribution is -0.384. The number of halogens is 1. The van der Waals surface area contributed by atoms with Crippen molar-refractivity contribution < 1.29 is 14.8 Å². The molecule has 0 spiro atoms. The Labute approximate surface area is 147 Å². The number of non-ortho nitro benzene ring substituents is 1. The van der Waals surface area contributed by atoms with Gasteiger partial charge in [-0.2, -0.15) is 0 Å². The minimum atomic E-state index is -0.840. The molecule has 1 aliphatic rings. The second-order valence-electron chi connectivity index (χ2n) is 5.84. The van der Waals surface area contributed by atoms with Crippen LogP contribution in [-0.4, -0.2) is 22.5 Å². The molecule has 3 rings (SSSR count). The highest BCUT2D eigenvalue weighted by Crippen LogP contribution is 2.44. The molecule has 2 aromatic carbocycles. The number of carboxylic acid groups (broad SMARTS) is 1. The Morgan fingerprint density at radius 1 is 1.33 bits per heavy atom. The number of nitro benzene ring substituents is 1. The summed E-state index contributed by atoms with van der Waals surface area (Å²) in [5, 5.41) is 20.1. The summed E-state index contributed by atoms with van der Waals surface area (Å²) in [6.07, 6.45) is 0.0476. The maximum atomic E-state index is 11.2. The summed E-state index contributed by atoms with van der Waals surface area (Å²) in [5.74, 6) is -0.960. The molecule has 0 amide bonds. The van der Waals surface area contributed by atoms with Crippen LogP contribution in [0.25, 0.3) is 0 Å². The van der Waals surface area contributed by atoms with Crippen molar-refractivity contribution in [2.75, 3.05) is 11.4 Å². The van der Waals surface area contributed by atoms with Crippen LogP contribution in [0, 0.1) is 17.0 Å². The minimum Gasteiger partial charge on any atom is -0.481 e. The molecule has 0 saturated carbocycles. The van der Waals surface area contributed by atoms with Gasteiger partial charge in [0.05, 0.1) is 11.3 Å². The van der Waals surface area contributed by atoms with Crippen LogP contribution in [0.15, 0.2) is 40.9 Å². The van der Waals surface area contributed by atoms with Crippen LogP contribution in [0.4, 0.5) is 17.1 Å². The first-order chi connectivity index (χ1) is 11.4. The molecular formula is C17H15BrN2O4. The number of fused-ring (bicyclic) bond motifs is 1. The Hall–Kier alpha value is -2.41. The van der Waals surface area contributed by atoms with Gasteiger partial charge in [0, 0.05) is 40.4 Å². The number of nitrogens with zero attached hydrogens (tertiary/aromatic N) is 2. The molecule has 0 aliphatic carbocycles. The standard InChI is InChI=1S/C17H15BrN2O4/c1-10-6-13(20(23)24)3-5-15(10)19-9-11(7-17(21)22)14-8-12(18)2-4-16(14)19/h2-6,8,11H,7,9H2,1H3,(H,21,22). The van der Waals surface area contributed by atoms with Gasteiger partial charge in [-0.15, -0.1) is 0 Å². The summed E-state index contributed by atoms with van der Waals surface area (Å²) >= 11 is 3.43. The van der Waals surface area contributed by atoms with E-state index in [4.69, 9.17) is 0 Å². The number of rotatable bonds is 4. The van der Waals surface area contributed by atoms with Crippen molar-refractivity contribution in [1.29, 1.82) is 0 Å². The monoisotopic (exact) mass is 390 g/mol. The average Bonchev–Trinajstić information content (AvgIpc) is 2.84. The molecular weight excluding hydrogens is 376 g/mol. The van der Waals surface area contributed by atoms with E-state index in [0.29, 0.717) is 6.54 Å². The molecule has 7 heteroatoms. The third-order valence-corrected chi connectivity index (χ3v) is 4.72. The number of carboxylic acids is 1. The second-order valence-corrected chi connectivity index (χ2v) is 6.75. The van der Waals surface area contributed by atoms with Crippen molar-refractivity contribution in [3.05, 3.63) is 62.1 Å². The molecule has 1 aliphatic heterocycles. The number of nitro groups is 1. The Kier molecular flexibility index (Phi) is 4.28. The van der Waals surface area contributed by atoms with Crippen LogP contribution in [-0.2, 0) is 4.79 Å². The quantitative estimate of drug-likeness (QED) is 0.618. The van der Waals surface area contributed by atoms with E-state index >= 15 is 0 Å². The lowest BCUT2D eigenvalue weighted by Gasteiger charge is -2.22. The largest absolute Gasteiger partial charge is 0.481 e. The van der Waals surface area contributed by atoms with Gasteiger partial charge in [-0.25, -0.2) is 0 Å². The maximum absolute atomic E-state index is 11.2. The smallest absolute Gasteiger partial charge is 0.304 e. The molecule has 0 saturated heterocycles. The summed E-state index contributed by atoms with van der Waals surface area (Å²) in [4.78, 5) is 23.7. The molecule has 0 radical (unpaired) electrons. The van der Waals surface area contributed by atoms with Gasteiger partial charge in [0.15, 0.2) is 0 Å². The average molecular weight is 391 g/mol. The first kappa shape index (κ1) is 16.4. The Morgan fingerprint density at radius 3 is 2.67 bits per heavy atom. The van der Waals surface area contributed by atoms with E-state index in [9.17, 15) is 20.0 Å². The van der Waals surface area contributed by atoms with Gasteiger partial charge in [-0.1, -0.05) is 15.9 Å². The third-order valence-electron chi connectivity index (χ3n) is 4.23. The molecule has 0 aromatic heterocycles. The highest BCUT2D eigenvalue weighted by molar-refractivity contribution is 9.10. The number of carbonyl (C=O) groups is 1. The van der Waals surface area contributed by atoms with Crippen molar-refractivity contribution in [1.82, 2.24) is 0 Å². The molecule has 0 fully saturated rings. The van der Waals surface area contributed by atoms with Crippen molar-refractivity contribution >= 4 is 39.0 Å². The molecule has 2 aromatic rings. The summed E-state index contributed by atoms with van der Waals surface area (Å²) in [5.41, 5.74) is 3.62. The van der Waals surface area contributed by atoms with Gasteiger partial charge in [0.2, 0.25) is 0 Å². The molecule has 24 heavy (non-hydrogen) atoms. The van der Waals surface area contributed by atoms with Crippen LogP contribution < -0.4 is 4.90 Å². The topological polar surface area (TPSA) is 83.7 Å². The van der Waals surface area contributed by atoms with Crippen molar-refractivity contribution in [2.45, 2.75) is 19.3 Å². The van der Waals surface area contributed by atoms with Crippen LogP contribution in [0.1, 0.15) is 23.5 Å². The normalized spacial score (nSPS) is 16.1. The number of benzene rings is 2. The van der Waals surface area contributed by atoms with Crippen molar-refractivity contribution in [3.63, 3.8) is 0 Å². The number of anilines is 2. The first-order valence-electron chi connectivity index (χ1n) is 7.40. The highest BCUT2D eigenvalue weighted by atomic mass is 79.9. The zero-order chi connectivity index (χ0) is 17.4. The number of aryl methyl sites for hydroxylation is 1. The molecule has 124 valence electrons. The van der Waals surface area contributed by atoms with Gasteiger partial charge in [0.1, 0.15) is 0 Å². The fourth-order valence-electron chi connectivity index (χ4n) is 3.18. The first-order valence-corrected chi connectivity index (χ1v) is 8.20. The molecule has 1 heterocycles. The SMILES string of the molecule is Cc1cc([N+](=O)[O-])ccc1N1CC(CC(=O)O)c2cc(Br)ccc21. The fraction of sp³-hybridized carbons (Fsp3) is 0.235. The summed E-state index contributed by atoms with van der Waals surface area (Å²) in [6, 6.07) is 10.5. The van der Waals surface area contributed by atoms with E-state index in [2.05, 4.69) is 15.9 Å². The van der Waals surface area contributed by atoms with Gasteiger partial charge >= 0.3 is 5.97 Å². The zero-order valence-corrected chi connectivity index (χ0v) is 14.5. The van der Waals surface area contributed by atoms with Crippen LogP contribution in [0.5, 0.6) is 0 Å².